The highest BCUT2D eigenvalue weighted by Crippen LogP contribution is 2.36. The van der Waals surface area contributed by atoms with E-state index in [1.807, 2.05) is 0 Å². The van der Waals surface area contributed by atoms with Gasteiger partial charge in [0, 0.05) is 11.6 Å². The molecule has 1 aliphatic carbocycles. The van der Waals surface area contributed by atoms with Crippen molar-refractivity contribution in [2.45, 2.75) is 38.6 Å². The summed E-state index contributed by atoms with van der Waals surface area (Å²) in [5, 5.41) is 12.5. The van der Waals surface area contributed by atoms with Crippen molar-refractivity contribution in [2.75, 3.05) is 0 Å². The molecule has 0 bridgehead atoms. The zero-order valence-corrected chi connectivity index (χ0v) is 13.0. The number of pyridine rings is 1. The minimum atomic E-state index is -0.950. The smallest absolute Gasteiger partial charge is 0.311 e. The molecule has 2 rings (SSSR count). The van der Waals surface area contributed by atoms with Crippen molar-refractivity contribution in [1.82, 2.24) is 10.3 Å². The van der Waals surface area contributed by atoms with Gasteiger partial charge in [-0.15, -0.1) is 0 Å². The quantitative estimate of drug-likeness (QED) is 0.834. The van der Waals surface area contributed by atoms with Gasteiger partial charge in [-0.3, -0.25) is 9.59 Å². The van der Waals surface area contributed by atoms with Gasteiger partial charge in [0.25, 0.3) is 5.91 Å². The molecular formula is C14H16Cl2N2O3. The van der Waals surface area contributed by atoms with Gasteiger partial charge in [0.2, 0.25) is 0 Å². The maximum absolute atomic E-state index is 12.3. The molecule has 7 heteroatoms. The highest BCUT2D eigenvalue weighted by Gasteiger charge is 2.43. The number of carboxylic acids is 1. The van der Waals surface area contributed by atoms with Crippen LogP contribution in [0, 0.1) is 5.41 Å². The molecule has 1 aromatic heterocycles. The number of aliphatic carboxylic acids is 1. The lowest BCUT2D eigenvalue weighted by molar-refractivity contribution is -0.151. The van der Waals surface area contributed by atoms with Crippen LogP contribution in [0.1, 0.15) is 43.0 Å². The molecule has 1 fully saturated rings. The van der Waals surface area contributed by atoms with Gasteiger partial charge in [-0.1, -0.05) is 36.0 Å². The largest absolute Gasteiger partial charge is 0.481 e. The van der Waals surface area contributed by atoms with E-state index in [1.54, 1.807) is 6.92 Å². The fraction of sp³-hybridized carbons (Fsp3) is 0.500. The third-order valence-electron chi connectivity index (χ3n) is 4.03. The van der Waals surface area contributed by atoms with Crippen LogP contribution in [0.2, 0.25) is 10.3 Å². The molecule has 2 N–H and O–H groups in total. The number of carboxylic acid groups (broad SMARTS) is 1. The number of carbonyl (C=O) groups is 2. The Bertz CT molecular complexity index is 559. The lowest BCUT2D eigenvalue weighted by Crippen LogP contribution is -2.52. The first-order valence-electron chi connectivity index (χ1n) is 6.70. The van der Waals surface area contributed by atoms with E-state index < -0.39 is 17.4 Å². The van der Waals surface area contributed by atoms with Crippen molar-refractivity contribution in [2.24, 2.45) is 5.41 Å². The molecule has 0 saturated heterocycles. The Morgan fingerprint density at radius 3 is 2.52 bits per heavy atom. The number of amides is 1. The van der Waals surface area contributed by atoms with Gasteiger partial charge in [0.05, 0.1) is 5.41 Å². The third kappa shape index (κ3) is 3.47. The summed E-state index contributed by atoms with van der Waals surface area (Å²) in [6.45, 7) is 1.67. The Hall–Kier alpha value is -1.33. The Balaban J connectivity index is 2.19. The number of nitrogens with zero attached hydrogens (tertiary/aromatic N) is 1. The first-order valence-corrected chi connectivity index (χ1v) is 7.46. The first-order chi connectivity index (χ1) is 9.83. The van der Waals surface area contributed by atoms with Gasteiger partial charge < -0.3 is 10.4 Å². The summed E-state index contributed by atoms with van der Waals surface area (Å²) in [5.41, 5.74) is -0.674. The molecule has 1 heterocycles. The zero-order valence-electron chi connectivity index (χ0n) is 11.5. The lowest BCUT2D eigenvalue weighted by atomic mass is 9.71. The van der Waals surface area contributed by atoms with Crippen LogP contribution in [0.4, 0.5) is 0 Å². The standard InChI is InChI=1S/C14H16Cl2N2O3/c1-14(13(20)21)5-3-2-4-9(14)17-12(19)8-6-10(15)18-11(16)7-8/h6-7,9H,2-5H2,1H3,(H,17,19)(H,20,21). The number of carbonyl (C=O) groups excluding carboxylic acids is 1. The van der Waals surface area contributed by atoms with Gasteiger partial charge >= 0.3 is 5.97 Å². The molecule has 0 aliphatic heterocycles. The van der Waals surface area contributed by atoms with Crippen LogP contribution in [-0.4, -0.2) is 28.0 Å². The molecule has 21 heavy (non-hydrogen) atoms. The third-order valence-corrected chi connectivity index (χ3v) is 4.41. The van der Waals surface area contributed by atoms with Crippen molar-refractivity contribution < 1.29 is 14.7 Å². The van der Waals surface area contributed by atoms with Gasteiger partial charge in [-0.05, 0) is 31.9 Å². The van der Waals surface area contributed by atoms with E-state index in [0.29, 0.717) is 12.8 Å². The number of hydrogen-bond donors (Lipinski definition) is 2. The highest BCUT2D eigenvalue weighted by atomic mass is 35.5. The lowest BCUT2D eigenvalue weighted by Gasteiger charge is -2.38. The second-order valence-electron chi connectivity index (χ2n) is 5.50. The van der Waals surface area contributed by atoms with Crippen molar-refractivity contribution in [3.63, 3.8) is 0 Å². The fourth-order valence-electron chi connectivity index (χ4n) is 2.66. The van der Waals surface area contributed by atoms with E-state index in [-0.39, 0.29) is 21.8 Å². The summed E-state index contributed by atoms with van der Waals surface area (Å²) in [4.78, 5) is 27.6. The second-order valence-corrected chi connectivity index (χ2v) is 6.27. The van der Waals surface area contributed by atoms with Crippen molar-refractivity contribution in [3.05, 3.63) is 28.0 Å². The molecule has 1 amide bonds. The number of hydrogen-bond acceptors (Lipinski definition) is 3. The van der Waals surface area contributed by atoms with E-state index in [4.69, 9.17) is 23.2 Å². The van der Waals surface area contributed by atoms with Crippen LogP contribution in [0.25, 0.3) is 0 Å². The normalized spacial score (nSPS) is 25.4. The van der Waals surface area contributed by atoms with Crippen molar-refractivity contribution >= 4 is 35.1 Å². The molecule has 0 radical (unpaired) electrons. The SMILES string of the molecule is CC1(C(=O)O)CCCCC1NC(=O)c1cc(Cl)nc(Cl)c1. The summed E-state index contributed by atoms with van der Waals surface area (Å²) in [6, 6.07) is 2.40. The molecule has 1 aromatic rings. The Morgan fingerprint density at radius 2 is 1.95 bits per heavy atom. The topological polar surface area (TPSA) is 79.3 Å². The Kier molecular flexibility index (Phi) is 4.74. The predicted octanol–water partition coefficient (Wildman–Crippen LogP) is 3.15. The van der Waals surface area contributed by atoms with E-state index in [2.05, 4.69) is 10.3 Å². The fourth-order valence-corrected chi connectivity index (χ4v) is 3.12. The van der Waals surface area contributed by atoms with Crippen molar-refractivity contribution in [1.29, 1.82) is 0 Å². The number of halogens is 2. The summed E-state index contributed by atoms with van der Waals surface area (Å²) in [7, 11) is 0. The number of rotatable bonds is 3. The summed E-state index contributed by atoms with van der Waals surface area (Å²) in [6.07, 6.45) is 2.93. The van der Waals surface area contributed by atoms with Crippen LogP contribution in [0.15, 0.2) is 12.1 Å². The average molecular weight is 331 g/mol. The summed E-state index contributed by atoms with van der Waals surface area (Å²) >= 11 is 11.5. The minimum absolute atomic E-state index is 0.122. The molecule has 0 aromatic carbocycles. The number of aromatic nitrogens is 1. The van der Waals surface area contributed by atoms with Crippen LogP contribution < -0.4 is 5.32 Å². The highest BCUT2D eigenvalue weighted by molar-refractivity contribution is 6.33. The molecule has 2 atom stereocenters. The summed E-state index contributed by atoms with van der Waals surface area (Å²) in [5.74, 6) is -1.28. The van der Waals surface area contributed by atoms with E-state index in [9.17, 15) is 14.7 Å². The Morgan fingerprint density at radius 1 is 1.33 bits per heavy atom. The summed E-state index contributed by atoms with van der Waals surface area (Å²) < 4.78 is 0. The Labute approximate surface area is 132 Å². The van der Waals surface area contributed by atoms with Crippen LogP contribution >= 0.6 is 23.2 Å². The molecular weight excluding hydrogens is 315 g/mol. The minimum Gasteiger partial charge on any atom is -0.481 e. The second kappa shape index (κ2) is 6.20. The molecule has 1 saturated carbocycles. The molecule has 1 aliphatic rings. The van der Waals surface area contributed by atoms with E-state index >= 15 is 0 Å². The number of nitrogens with one attached hydrogen (secondary N) is 1. The maximum atomic E-state index is 12.3. The molecule has 5 nitrogen and oxygen atoms in total. The maximum Gasteiger partial charge on any atom is 0.311 e. The van der Waals surface area contributed by atoms with Crippen LogP contribution in [-0.2, 0) is 4.79 Å². The predicted molar refractivity (Wildman–Crippen MR) is 79.7 cm³/mol. The average Bonchev–Trinajstić information content (AvgIpc) is 2.40. The van der Waals surface area contributed by atoms with Gasteiger partial charge in [-0.25, -0.2) is 4.98 Å². The molecule has 114 valence electrons. The monoisotopic (exact) mass is 330 g/mol. The van der Waals surface area contributed by atoms with Gasteiger partial charge in [0.15, 0.2) is 0 Å². The van der Waals surface area contributed by atoms with Crippen LogP contribution in [0.3, 0.4) is 0 Å². The molecule has 2 unspecified atom stereocenters. The zero-order chi connectivity index (χ0) is 15.6. The van der Waals surface area contributed by atoms with E-state index in [1.165, 1.54) is 12.1 Å². The first kappa shape index (κ1) is 16.0. The van der Waals surface area contributed by atoms with Gasteiger partial charge in [-0.2, -0.15) is 0 Å². The van der Waals surface area contributed by atoms with E-state index in [0.717, 1.165) is 12.8 Å². The van der Waals surface area contributed by atoms with Crippen molar-refractivity contribution in [3.8, 4) is 0 Å². The molecule has 0 spiro atoms. The van der Waals surface area contributed by atoms with Gasteiger partial charge in [0.1, 0.15) is 10.3 Å². The van der Waals surface area contributed by atoms with Crippen LogP contribution in [0.5, 0.6) is 0 Å².